The van der Waals surface area contributed by atoms with Gasteiger partial charge in [0.25, 0.3) is 5.56 Å². The molecule has 1 aromatic rings. The molecule has 1 heterocycles. The molecule has 0 aromatic carbocycles. The summed E-state index contributed by atoms with van der Waals surface area (Å²) < 4.78 is 2.97. The van der Waals surface area contributed by atoms with E-state index in [-0.39, 0.29) is 12.0 Å². The average Bonchev–Trinajstić information content (AvgIpc) is 2.12. The van der Waals surface area contributed by atoms with Crippen LogP contribution in [0, 0.1) is 3.57 Å². The summed E-state index contributed by atoms with van der Waals surface area (Å²) in [6.07, 6.45) is 2.26. The second-order valence-corrected chi connectivity index (χ2v) is 5.10. The van der Waals surface area contributed by atoms with E-state index >= 15 is 0 Å². The molecule has 82 valence electrons. The SMILES string of the molecule is O=C(O)CCCn1cc(I)cc(Br)c1=O. The van der Waals surface area contributed by atoms with Gasteiger partial charge in [0.15, 0.2) is 0 Å². The number of carboxylic acid groups (broad SMARTS) is 1. The van der Waals surface area contributed by atoms with Gasteiger partial charge in [0, 0.05) is 22.7 Å². The second kappa shape index (κ2) is 5.64. The smallest absolute Gasteiger partial charge is 0.303 e. The second-order valence-electron chi connectivity index (χ2n) is 3.00. The van der Waals surface area contributed by atoms with Gasteiger partial charge in [-0.1, -0.05) is 0 Å². The molecular formula is C9H9BrINO3. The van der Waals surface area contributed by atoms with E-state index in [4.69, 9.17) is 5.11 Å². The highest BCUT2D eigenvalue weighted by Crippen LogP contribution is 2.09. The first-order valence-corrected chi connectivity index (χ1v) is 6.15. The van der Waals surface area contributed by atoms with Gasteiger partial charge in [0.2, 0.25) is 0 Å². The Morgan fingerprint density at radius 3 is 2.87 bits per heavy atom. The zero-order valence-electron chi connectivity index (χ0n) is 7.74. The van der Waals surface area contributed by atoms with Crippen LogP contribution in [0.25, 0.3) is 0 Å². The molecule has 0 amide bonds. The van der Waals surface area contributed by atoms with E-state index in [0.717, 1.165) is 3.57 Å². The number of hydrogen-bond acceptors (Lipinski definition) is 2. The molecule has 0 aliphatic heterocycles. The van der Waals surface area contributed by atoms with Gasteiger partial charge in [0.1, 0.15) is 0 Å². The fourth-order valence-electron chi connectivity index (χ4n) is 1.13. The first-order chi connectivity index (χ1) is 7.00. The van der Waals surface area contributed by atoms with Crippen molar-refractivity contribution >= 4 is 44.5 Å². The summed E-state index contributed by atoms with van der Waals surface area (Å²) in [6, 6.07) is 1.73. The molecule has 0 atom stereocenters. The standard InChI is InChI=1S/C9H9BrINO3/c10-7-4-6(11)5-12(9(7)15)3-1-2-8(13)14/h4-5H,1-3H2,(H,13,14). The van der Waals surface area contributed by atoms with E-state index in [0.29, 0.717) is 17.4 Å². The molecule has 0 saturated carbocycles. The molecule has 0 bridgehead atoms. The molecule has 1 aromatic heterocycles. The van der Waals surface area contributed by atoms with Gasteiger partial charge < -0.3 is 9.67 Å². The molecule has 0 aliphatic rings. The van der Waals surface area contributed by atoms with Crippen LogP contribution in [-0.4, -0.2) is 15.6 Å². The van der Waals surface area contributed by atoms with Crippen molar-refractivity contribution in [3.63, 3.8) is 0 Å². The number of halogens is 2. The number of aryl methyl sites for hydroxylation is 1. The van der Waals surface area contributed by atoms with Gasteiger partial charge in [-0.15, -0.1) is 0 Å². The molecule has 15 heavy (non-hydrogen) atoms. The molecule has 0 unspecified atom stereocenters. The van der Waals surface area contributed by atoms with Crippen LogP contribution in [0.3, 0.4) is 0 Å². The van der Waals surface area contributed by atoms with Crippen LogP contribution in [-0.2, 0) is 11.3 Å². The zero-order valence-corrected chi connectivity index (χ0v) is 11.5. The lowest BCUT2D eigenvalue weighted by molar-refractivity contribution is -0.137. The third kappa shape index (κ3) is 3.94. The summed E-state index contributed by atoms with van der Waals surface area (Å²) in [4.78, 5) is 21.9. The molecule has 1 rings (SSSR count). The maximum atomic E-state index is 11.6. The first-order valence-electron chi connectivity index (χ1n) is 4.28. The minimum Gasteiger partial charge on any atom is -0.481 e. The monoisotopic (exact) mass is 385 g/mol. The number of hydrogen-bond donors (Lipinski definition) is 1. The predicted octanol–water partition coefficient (Wildman–Crippen LogP) is 2.08. The Kier molecular flexibility index (Phi) is 4.78. The lowest BCUT2D eigenvalue weighted by Gasteiger charge is -2.05. The number of pyridine rings is 1. The van der Waals surface area contributed by atoms with Crippen molar-refractivity contribution in [3.8, 4) is 0 Å². The summed E-state index contributed by atoms with van der Waals surface area (Å²) in [5.74, 6) is -0.840. The van der Waals surface area contributed by atoms with Crippen molar-refractivity contribution in [1.82, 2.24) is 4.57 Å². The predicted molar refractivity (Wildman–Crippen MR) is 68.0 cm³/mol. The van der Waals surface area contributed by atoms with Gasteiger partial charge in [-0.2, -0.15) is 0 Å². The van der Waals surface area contributed by atoms with Crippen LogP contribution >= 0.6 is 38.5 Å². The fraction of sp³-hybridized carbons (Fsp3) is 0.333. The maximum Gasteiger partial charge on any atom is 0.303 e. The number of aromatic nitrogens is 1. The lowest BCUT2D eigenvalue weighted by atomic mass is 10.3. The first kappa shape index (κ1) is 12.7. The summed E-state index contributed by atoms with van der Waals surface area (Å²) in [7, 11) is 0. The highest BCUT2D eigenvalue weighted by atomic mass is 127. The van der Waals surface area contributed by atoms with Crippen molar-refractivity contribution in [2.24, 2.45) is 0 Å². The van der Waals surface area contributed by atoms with E-state index in [1.165, 1.54) is 4.57 Å². The molecular weight excluding hydrogens is 377 g/mol. The Labute approximate surface area is 109 Å². The van der Waals surface area contributed by atoms with Gasteiger partial charge in [-0.05, 0) is 51.0 Å². The Hall–Kier alpha value is -0.370. The quantitative estimate of drug-likeness (QED) is 0.807. The number of rotatable bonds is 4. The Balaban J connectivity index is 2.77. The minimum absolute atomic E-state index is 0.0789. The van der Waals surface area contributed by atoms with Crippen LogP contribution in [0.15, 0.2) is 21.5 Å². The third-order valence-electron chi connectivity index (χ3n) is 1.80. The summed E-state index contributed by atoms with van der Waals surface area (Å²) >= 11 is 5.27. The highest BCUT2D eigenvalue weighted by Gasteiger charge is 2.04. The van der Waals surface area contributed by atoms with Crippen molar-refractivity contribution < 1.29 is 9.90 Å². The van der Waals surface area contributed by atoms with E-state index in [2.05, 4.69) is 38.5 Å². The maximum absolute atomic E-state index is 11.6. The van der Waals surface area contributed by atoms with Crippen LogP contribution in [0.4, 0.5) is 0 Å². The van der Waals surface area contributed by atoms with Crippen LogP contribution in [0.2, 0.25) is 0 Å². The van der Waals surface area contributed by atoms with E-state index < -0.39 is 5.97 Å². The van der Waals surface area contributed by atoms with Crippen molar-refractivity contribution in [1.29, 1.82) is 0 Å². The number of carbonyl (C=O) groups is 1. The van der Waals surface area contributed by atoms with Crippen LogP contribution < -0.4 is 5.56 Å². The molecule has 0 radical (unpaired) electrons. The number of carboxylic acids is 1. The minimum atomic E-state index is -0.840. The zero-order chi connectivity index (χ0) is 11.4. The molecule has 0 fully saturated rings. The van der Waals surface area contributed by atoms with Crippen molar-refractivity contribution in [3.05, 3.63) is 30.7 Å². The number of nitrogens with zero attached hydrogens (tertiary/aromatic N) is 1. The largest absolute Gasteiger partial charge is 0.481 e. The average molecular weight is 386 g/mol. The third-order valence-corrected chi connectivity index (χ3v) is 2.96. The summed E-state index contributed by atoms with van der Waals surface area (Å²) in [6.45, 7) is 0.431. The van der Waals surface area contributed by atoms with Gasteiger partial charge in [0.05, 0.1) is 4.47 Å². The normalized spacial score (nSPS) is 10.3. The fourth-order valence-corrected chi connectivity index (χ4v) is 2.68. The Morgan fingerprint density at radius 2 is 2.27 bits per heavy atom. The molecule has 0 saturated heterocycles. The van der Waals surface area contributed by atoms with E-state index in [9.17, 15) is 9.59 Å². The van der Waals surface area contributed by atoms with Gasteiger partial charge in [-0.3, -0.25) is 9.59 Å². The molecule has 0 aliphatic carbocycles. The van der Waals surface area contributed by atoms with Gasteiger partial charge in [-0.25, -0.2) is 0 Å². The number of aliphatic carboxylic acids is 1. The van der Waals surface area contributed by atoms with Gasteiger partial charge >= 0.3 is 5.97 Å². The van der Waals surface area contributed by atoms with Crippen LogP contribution in [0.5, 0.6) is 0 Å². The molecule has 1 N–H and O–H groups in total. The molecule has 6 heteroatoms. The summed E-state index contributed by atoms with van der Waals surface area (Å²) in [5, 5.41) is 8.47. The highest BCUT2D eigenvalue weighted by molar-refractivity contribution is 14.1. The van der Waals surface area contributed by atoms with Crippen molar-refractivity contribution in [2.45, 2.75) is 19.4 Å². The summed E-state index contributed by atoms with van der Waals surface area (Å²) in [5.41, 5.74) is -0.124. The molecule has 4 nitrogen and oxygen atoms in total. The topological polar surface area (TPSA) is 59.3 Å². The van der Waals surface area contributed by atoms with E-state index in [1.54, 1.807) is 12.3 Å². The van der Waals surface area contributed by atoms with Crippen molar-refractivity contribution in [2.75, 3.05) is 0 Å². The van der Waals surface area contributed by atoms with E-state index in [1.807, 2.05) is 0 Å². The van der Waals surface area contributed by atoms with Crippen LogP contribution in [0.1, 0.15) is 12.8 Å². The lowest BCUT2D eigenvalue weighted by Crippen LogP contribution is -2.21. The molecule has 0 spiro atoms. The Morgan fingerprint density at radius 1 is 1.60 bits per heavy atom. The Bertz CT molecular complexity index is 430.